The first-order valence-corrected chi connectivity index (χ1v) is 10.1. The molecule has 4 heterocycles. The second-order valence-electron chi connectivity index (χ2n) is 7.25. The lowest BCUT2D eigenvalue weighted by Crippen LogP contribution is -2.19. The highest BCUT2D eigenvalue weighted by molar-refractivity contribution is 6.02. The fraction of sp³-hybridized carbons (Fsp3) is 0.190. The Balaban J connectivity index is 1.45. The summed E-state index contributed by atoms with van der Waals surface area (Å²) < 4.78 is 38.8. The van der Waals surface area contributed by atoms with Crippen LogP contribution in [0.2, 0.25) is 0 Å². The Morgan fingerprint density at radius 1 is 1.11 bits per heavy atom. The number of amides is 2. The number of nitrogens with one attached hydrogen (secondary N) is 2. The quantitative estimate of drug-likeness (QED) is 0.392. The van der Waals surface area contributed by atoms with E-state index in [4.69, 9.17) is 9.15 Å². The third kappa shape index (κ3) is 5.26. The van der Waals surface area contributed by atoms with Crippen molar-refractivity contribution in [1.82, 2.24) is 29.9 Å². The minimum Gasteiger partial charge on any atom is -0.441 e. The number of hydrogen-bond acceptors (Lipinski definition) is 9. The predicted molar refractivity (Wildman–Crippen MR) is 116 cm³/mol. The van der Waals surface area contributed by atoms with Crippen molar-refractivity contribution in [3.8, 4) is 11.4 Å². The number of hydrogen-bond donors (Lipinski definition) is 2. The molecule has 0 aliphatic heterocycles. The average molecular weight is 484 g/mol. The minimum absolute atomic E-state index is 0.0497. The molecule has 14 heteroatoms. The van der Waals surface area contributed by atoms with Crippen molar-refractivity contribution < 1.29 is 27.5 Å². The van der Waals surface area contributed by atoms with E-state index in [1.54, 1.807) is 19.1 Å². The molecule has 2 amide bonds. The van der Waals surface area contributed by atoms with Crippen LogP contribution in [0.1, 0.15) is 35.0 Å². The van der Waals surface area contributed by atoms with Crippen LogP contribution in [0, 0.1) is 18.7 Å². The highest BCUT2D eigenvalue weighted by atomic mass is 19.1. The molecule has 0 unspecified atom stereocenters. The third-order valence-corrected chi connectivity index (χ3v) is 4.71. The molecule has 0 aliphatic carbocycles. The molecular formula is C21H18F2N8O4. The Morgan fingerprint density at radius 3 is 2.60 bits per heavy atom. The highest BCUT2D eigenvalue weighted by Gasteiger charge is 2.21. The third-order valence-electron chi connectivity index (χ3n) is 4.71. The SMILES string of the molecule is Cc1ncc(C(=O)Nc2ccc(-c3nnn(C)c3NC(=O)O[C@H](C)c3cc(F)cnc3F)nc2)o1. The fourth-order valence-electron chi connectivity index (χ4n) is 3.01. The zero-order valence-electron chi connectivity index (χ0n) is 18.6. The lowest BCUT2D eigenvalue weighted by Gasteiger charge is -2.15. The van der Waals surface area contributed by atoms with Gasteiger partial charge in [-0.05, 0) is 25.1 Å². The van der Waals surface area contributed by atoms with Crippen LogP contribution in [-0.4, -0.2) is 41.9 Å². The van der Waals surface area contributed by atoms with E-state index < -0.39 is 29.9 Å². The zero-order chi connectivity index (χ0) is 25.1. The smallest absolute Gasteiger partial charge is 0.413 e. The summed E-state index contributed by atoms with van der Waals surface area (Å²) in [4.78, 5) is 36.0. The first-order chi connectivity index (χ1) is 16.7. The maximum atomic E-state index is 13.9. The fourth-order valence-corrected chi connectivity index (χ4v) is 3.01. The van der Waals surface area contributed by atoms with Crippen LogP contribution in [-0.2, 0) is 11.8 Å². The second kappa shape index (κ2) is 9.62. The topological polar surface area (TPSA) is 150 Å². The van der Waals surface area contributed by atoms with Gasteiger partial charge in [0, 0.05) is 14.0 Å². The van der Waals surface area contributed by atoms with Gasteiger partial charge in [-0.15, -0.1) is 5.10 Å². The van der Waals surface area contributed by atoms with Crippen LogP contribution in [0.5, 0.6) is 0 Å². The van der Waals surface area contributed by atoms with Gasteiger partial charge in [-0.3, -0.25) is 15.1 Å². The number of ether oxygens (including phenoxy) is 1. The lowest BCUT2D eigenvalue weighted by molar-refractivity contribution is 0.0995. The van der Waals surface area contributed by atoms with Gasteiger partial charge in [-0.1, -0.05) is 5.21 Å². The molecule has 2 N–H and O–H groups in total. The molecule has 180 valence electrons. The van der Waals surface area contributed by atoms with Gasteiger partial charge in [0.25, 0.3) is 5.91 Å². The zero-order valence-corrected chi connectivity index (χ0v) is 18.6. The Hall–Kier alpha value is -4.75. The van der Waals surface area contributed by atoms with E-state index in [1.165, 1.54) is 31.0 Å². The maximum absolute atomic E-state index is 13.9. The van der Waals surface area contributed by atoms with Gasteiger partial charge in [0.05, 0.1) is 35.5 Å². The van der Waals surface area contributed by atoms with Crippen molar-refractivity contribution in [3.63, 3.8) is 0 Å². The summed E-state index contributed by atoms with van der Waals surface area (Å²) in [5.74, 6) is -1.67. The van der Waals surface area contributed by atoms with Crippen LogP contribution < -0.4 is 10.6 Å². The van der Waals surface area contributed by atoms with Crippen LogP contribution in [0.15, 0.2) is 41.2 Å². The summed E-state index contributed by atoms with van der Waals surface area (Å²) in [7, 11) is 1.53. The Labute approximate surface area is 196 Å². The lowest BCUT2D eigenvalue weighted by atomic mass is 10.2. The van der Waals surface area contributed by atoms with Crippen LogP contribution in [0.3, 0.4) is 0 Å². The summed E-state index contributed by atoms with van der Waals surface area (Å²) in [5.41, 5.74) is 0.697. The molecule has 4 aromatic heterocycles. The monoisotopic (exact) mass is 484 g/mol. The summed E-state index contributed by atoms with van der Waals surface area (Å²) in [6.45, 7) is 2.99. The maximum Gasteiger partial charge on any atom is 0.413 e. The van der Waals surface area contributed by atoms with Gasteiger partial charge in [0.1, 0.15) is 11.9 Å². The number of pyridine rings is 2. The van der Waals surface area contributed by atoms with E-state index >= 15 is 0 Å². The molecule has 4 aromatic rings. The van der Waals surface area contributed by atoms with Gasteiger partial charge in [-0.2, -0.15) is 4.39 Å². The van der Waals surface area contributed by atoms with E-state index in [2.05, 4.69) is 35.9 Å². The average Bonchev–Trinajstić information content (AvgIpc) is 3.42. The molecule has 0 fully saturated rings. The van der Waals surface area contributed by atoms with Crippen LogP contribution in [0.25, 0.3) is 11.4 Å². The Morgan fingerprint density at radius 2 is 1.91 bits per heavy atom. The van der Waals surface area contributed by atoms with E-state index in [0.29, 0.717) is 17.3 Å². The molecule has 0 saturated carbocycles. The number of aromatic nitrogens is 6. The highest BCUT2D eigenvalue weighted by Crippen LogP contribution is 2.26. The molecule has 0 bridgehead atoms. The van der Waals surface area contributed by atoms with Crippen LogP contribution >= 0.6 is 0 Å². The van der Waals surface area contributed by atoms with Crippen molar-refractivity contribution in [2.24, 2.45) is 7.05 Å². The van der Waals surface area contributed by atoms with Crippen molar-refractivity contribution in [2.45, 2.75) is 20.0 Å². The molecule has 0 spiro atoms. The molecule has 0 aromatic carbocycles. The predicted octanol–water partition coefficient (Wildman–Crippen LogP) is 3.41. The first-order valence-electron chi connectivity index (χ1n) is 10.1. The van der Waals surface area contributed by atoms with Crippen LogP contribution in [0.4, 0.5) is 25.1 Å². The molecular weight excluding hydrogens is 466 g/mol. The van der Waals surface area contributed by atoms with Gasteiger partial charge in [0.15, 0.2) is 17.4 Å². The first kappa shape index (κ1) is 23.4. The summed E-state index contributed by atoms with van der Waals surface area (Å²) >= 11 is 0. The number of nitrogens with zero attached hydrogens (tertiary/aromatic N) is 6. The summed E-state index contributed by atoms with van der Waals surface area (Å²) in [5, 5.41) is 13.0. The molecule has 0 radical (unpaired) electrons. The number of halogens is 2. The van der Waals surface area contributed by atoms with Gasteiger partial charge < -0.3 is 14.5 Å². The standard InChI is InChI=1S/C21H18F2N8O4/c1-10(14-6-12(22)7-26-18(14)23)34-21(33)28-19-17(29-30-31(19)3)15-5-4-13(8-25-15)27-20(32)16-9-24-11(2)35-16/h4-10H,1-3H3,(H,27,32)(H,28,33)/t10-/m1/s1. The van der Waals surface area contributed by atoms with Gasteiger partial charge in [-0.25, -0.2) is 23.8 Å². The second-order valence-corrected chi connectivity index (χ2v) is 7.25. The molecule has 12 nitrogen and oxygen atoms in total. The largest absolute Gasteiger partial charge is 0.441 e. The number of oxazole rings is 1. The van der Waals surface area contributed by atoms with Crippen molar-refractivity contribution in [3.05, 3.63) is 65.8 Å². The van der Waals surface area contributed by atoms with E-state index in [0.717, 1.165) is 12.3 Å². The summed E-state index contributed by atoms with van der Waals surface area (Å²) in [6.07, 6.45) is 1.33. The van der Waals surface area contributed by atoms with Crippen molar-refractivity contribution >= 4 is 23.5 Å². The molecule has 35 heavy (non-hydrogen) atoms. The number of aryl methyl sites for hydroxylation is 2. The minimum atomic E-state index is -1.13. The van der Waals surface area contributed by atoms with E-state index in [-0.39, 0.29) is 22.8 Å². The molecule has 4 rings (SSSR count). The molecule has 1 atom stereocenters. The van der Waals surface area contributed by atoms with E-state index in [9.17, 15) is 18.4 Å². The van der Waals surface area contributed by atoms with Gasteiger partial charge in [0.2, 0.25) is 11.7 Å². The summed E-state index contributed by atoms with van der Waals surface area (Å²) in [6, 6.07) is 4.02. The number of rotatable bonds is 6. The molecule has 0 aliphatic rings. The number of anilines is 2. The van der Waals surface area contributed by atoms with Crippen molar-refractivity contribution in [2.75, 3.05) is 10.6 Å². The molecule has 0 saturated heterocycles. The normalized spacial score (nSPS) is 11.7. The van der Waals surface area contributed by atoms with E-state index in [1.807, 2.05) is 0 Å². The number of carbonyl (C=O) groups is 2. The Bertz CT molecular complexity index is 1390. The van der Waals surface area contributed by atoms with Crippen molar-refractivity contribution in [1.29, 1.82) is 0 Å². The van der Waals surface area contributed by atoms with Gasteiger partial charge >= 0.3 is 6.09 Å². The number of carbonyl (C=O) groups excluding carboxylic acids is 2. The Kier molecular flexibility index (Phi) is 6.44.